The van der Waals surface area contributed by atoms with Crippen molar-refractivity contribution in [1.29, 1.82) is 0 Å². The number of carbonyl (C=O) groups is 1. The minimum Gasteiger partial charge on any atom is -0.492 e. The molecule has 0 unspecified atom stereocenters. The van der Waals surface area contributed by atoms with Crippen molar-refractivity contribution in [2.24, 2.45) is 0 Å². The van der Waals surface area contributed by atoms with Crippen LogP contribution in [0.3, 0.4) is 0 Å². The summed E-state index contributed by atoms with van der Waals surface area (Å²) < 4.78 is 31.6. The van der Waals surface area contributed by atoms with Crippen LogP contribution >= 0.6 is 0 Å². The molecule has 0 aromatic heterocycles. The molecule has 0 spiro atoms. The summed E-state index contributed by atoms with van der Waals surface area (Å²) in [7, 11) is -3.51. The van der Waals surface area contributed by atoms with Crippen molar-refractivity contribution < 1.29 is 17.9 Å². The maximum absolute atomic E-state index is 12.4. The van der Waals surface area contributed by atoms with Gasteiger partial charge in [-0.2, -0.15) is 0 Å². The second-order valence-corrected chi connectivity index (χ2v) is 9.16. The van der Waals surface area contributed by atoms with Crippen LogP contribution in [-0.2, 0) is 21.4 Å². The highest BCUT2D eigenvalue weighted by atomic mass is 32.2. The Balaban J connectivity index is 1.60. The normalized spacial score (nSPS) is 11.3. The first-order valence-corrected chi connectivity index (χ1v) is 12.2. The average Bonchev–Trinajstić information content (AvgIpc) is 2.75. The fraction of sp³-hybridized carbons (Fsp3) is 0.292. The molecule has 0 saturated carbocycles. The Bertz CT molecular complexity index is 1140. The summed E-state index contributed by atoms with van der Waals surface area (Å²) in [6, 6.07) is 21.1. The average molecular weight is 441 g/mol. The van der Waals surface area contributed by atoms with Gasteiger partial charge in [-0.1, -0.05) is 54.6 Å². The highest BCUT2D eigenvalue weighted by Crippen LogP contribution is 2.30. The number of nitrogens with one attached hydrogen (secondary N) is 1. The summed E-state index contributed by atoms with van der Waals surface area (Å²) in [4.78, 5) is 12.4. The van der Waals surface area contributed by atoms with Gasteiger partial charge in [-0.15, -0.1) is 0 Å². The summed E-state index contributed by atoms with van der Waals surface area (Å²) in [6.45, 7) is 2.92. The van der Waals surface area contributed by atoms with Crippen molar-refractivity contribution in [2.45, 2.75) is 26.3 Å². The molecule has 3 rings (SSSR count). The van der Waals surface area contributed by atoms with E-state index < -0.39 is 10.0 Å². The number of anilines is 1. The Morgan fingerprint density at radius 2 is 1.71 bits per heavy atom. The van der Waals surface area contributed by atoms with E-state index in [1.54, 1.807) is 24.3 Å². The van der Waals surface area contributed by atoms with Gasteiger partial charge in [0.15, 0.2) is 0 Å². The molecule has 31 heavy (non-hydrogen) atoms. The van der Waals surface area contributed by atoms with Crippen molar-refractivity contribution in [3.8, 4) is 5.75 Å². The molecular weight excluding hydrogens is 412 g/mol. The maximum atomic E-state index is 12.4. The largest absolute Gasteiger partial charge is 0.492 e. The standard InChI is InChI=1S/C24H28N2O4S/c1-3-30-23-15-7-6-14-22(23)26(31(2,28)29)17-9-16-24(27)25-18-20-12-8-11-19-10-4-5-13-21(19)20/h4-8,10-15H,3,9,16-18H2,1-2H3,(H,25,27). The number of carbonyl (C=O) groups excluding carboxylic acids is 1. The van der Waals surface area contributed by atoms with Crippen molar-refractivity contribution in [2.75, 3.05) is 23.7 Å². The van der Waals surface area contributed by atoms with E-state index in [0.29, 0.717) is 31.0 Å². The number of fused-ring (bicyclic) bond motifs is 1. The highest BCUT2D eigenvalue weighted by Gasteiger charge is 2.21. The van der Waals surface area contributed by atoms with Gasteiger partial charge < -0.3 is 10.1 Å². The molecule has 0 radical (unpaired) electrons. The molecule has 3 aromatic rings. The number of ether oxygens (including phenoxy) is 1. The van der Waals surface area contributed by atoms with Crippen LogP contribution in [0.4, 0.5) is 5.69 Å². The van der Waals surface area contributed by atoms with E-state index in [2.05, 4.69) is 5.32 Å². The van der Waals surface area contributed by atoms with Crippen LogP contribution in [0.1, 0.15) is 25.3 Å². The van der Waals surface area contributed by atoms with E-state index in [1.165, 1.54) is 4.31 Å². The quantitative estimate of drug-likeness (QED) is 0.515. The van der Waals surface area contributed by atoms with Gasteiger partial charge in [-0.3, -0.25) is 9.10 Å². The fourth-order valence-electron chi connectivity index (χ4n) is 3.52. The van der Waals surface area contributed by atoms with E-state index in [1.807, 2.05) is 49.4 Å². The van der Waals surface area contributed by atoms with Crippen LogP contribution in [0.15, 0.2) is 66.7 Å². The van der Waals surface area contributed by atoms with Crippen LogP contribution in [0, 0.1) is 0 Å². The molecule has 6 nitrogen and oxygen atoms in total. The van der Waals surface area contributed by atoms with E-state index in [9.17, 15) is 13.2 Å². The molecule has 3 aromatic carbocycles. The number of rotatable bonds is 10. The molecule has 0 saturated heterocycles. The Morgan fingerprint density at radius 3 is 2.48 bits per heavy atom. The second kappa shape index (κ2) is 10.3. The van der Waals surface area contributed by atoms with Gasteiger partial charge in [0, 0.05) is 19.5 Å². The molecule has 0 heterocycles. The molecule has 7 heteroatoms. The lowest BCUT2D eigenvalue weighted by Crippen LogP contribution is -2.32. The molecule has 0 aliphatic heterocycles. The molecule has 0 aliphatic rings. The maximum Gasteiger partial charge on any atom is 0.232 e. The first kappa shape index (κ1) is 22.6. The lowest BCUT2D eigenvalue weighted by Gasteiger charge is -2.24. The third-order valence-electron chi connectivity index (χ3n) is 4.96. The number of para-hydroxylation sites is 2. The smallest absolute Gasteiger partial charge is 0.232 e. The third-order valence-corrected chi connectivity index (χ3v) is 6.14. The van der Waals surface area contributed by atoms with Crippen molar-refractivity contribution in [1.82, 2.24) is 5.32 Å². The summed E-state index contributed by atoms with van der Waals surface area (Å²) in [5.41, 5.74) is 1.54. The molecule has 1 amide bonds. The van der Waals surface area contributed by atoms with Gasteiger partial charge in [-0.05, 0) is 41.8 Å². The summed E-state index contributed by atoms with van der Waals surface area (Å²) in [5, 5.41) is 5.19. The monoisotopic (exact) mass is 440 g/mol. The Morgan fingerprint density at radius 1 is 1.00 bits per heavy atom. The van der Waals surface area contributed by atoms with Crippen LogP contribution in [-0.4, -0.2) is 33.7 Å². The summed E-state index contributed by atoms with van der Waals surface area (Å²) in [5.74, 6) is 0.398. The predicted molar refractivity (Wildman–Crippen MR) is 125 cm³/mol. The predicted octanol–water partition coefficient (Wildman–Crippen LogP) is 4.10. The second-order valence-electron chi connectivity index (χ2n) is 7.25. The zero-order valence-electron chi connectivity index (χ0n) is 17.9. The van der Waals surface area contributed by atoms with Crippen molar-refractivity contribution in [3.05, 3.63) is 72.3 Å². The van der Waals surface area contributed by atoms with E-state index in [0.717, 1.165) is 22.6 Å². The van der Waals surface area contributed by atoms with Crippen LogP contribution in [0.2, 0.25) is 0 Å². The number of hydrogen-bond donors (Lipinski definition) is 1. The lowest BCUT2D eigenvalue weighted by molar-refractivity contribution is -0.121. The number of hydrogen-bond acceptors (Lipinski definition) is 4. The number of amides is 1. The van der Waals surface area contributed by atoms with E-state index in [-0.39, 0.29) is 18.9 Å². The first-order valence-electron chi connectivity index (χ1n) is 10.3. The van der Waals surface area contributed by atoms with Gasteiger partial charge in [0.2, 0.25) is 15.9 Å². The zero-order chi connectivity index (χ0) is 22.3. The van der Waals surface area contributed by atoms with Crippen molar-refractivity contribution >= 4 is 32.4 Å². The molecule has 164 valence electrons. The molecule has 1 N–H and O–H groups in total. The number of sulfonamides is 1. The number of nitrogens with zero attached hydrogens (tertiary/aromatic N) is 1. The Hall–Kier alpha value is -3.06. The van der Waals surface area contributed by atoms with E-state index in [4.69, 9.17) is 4.74 Å². The van der Waals surface area contributed by atoms with Crippen LogP contribution < -0.4 is 14.4 Å². The molecule has 0 atom stereocenters. The molecule has 0 fully saturated rings. The highest BCUT2D eigenvalue weighted by molar-refractivity contribution is 7.92. The van der Waals surface area contributed by atoms with Gasteiger partial charge in [0.05, 0.1) is 18.6 Å². The Kier molecular flexibility index (Phi) is 7.52. The minimum atomic E-state index is -3.51. The third kappa shape index (κ3) is 5.98. The van der Waals surface area contributed by atoms with Crippen LogP contribution in [0.5, 0.6) is 5.75 Å². The summed E-state index contributed by atoms with van der Waals surface area (Å²) in [6.07, 6.45) is 1.79. The zero-order valence-corrected chi connectivity index (χ0v) is 18.7. The topological polar surface area (TPSA) is 75.7 Å². The molecule has 0 aliphatic carbocycles. The Labute approximate surface area is 183 Å². The van der Waals surface area contributed by atoms with Gasteiger partial charge in [-0.25, -0.2) is 8.42 Å². The summed E-state index contributed by atoms with van der Waals surface area (Å²) >= 11 is 0. The first-order chi connectivity index (χ1) is 14.9. The number of benzene rings is 3. The molecule has 0 bridgehead atoms. The van der Waals surface area contributed by atoms with Gasteiger partial charge in [0.1, 0.15) is 5.75 Å². The van der Waals surface area contributed by atoms with Gasteiger partial charge in [0.25, 0.3) is 0 Å². The van der Waals surface area contributed by atoms with Crippen molar-refractivity contribution in [3.63, 3.8) is 0 Å². The minimum absolute atomic E-state index is 0.112. The SMILES string of the molecule is CCOc1ccccc1N(CCCC(=O)NCc1cccc2ccccc12)S(C)(=O)=O. The van der Waals surface area contributed by atoms with Crippen LogP contribution in [0.25, 0.3) is 10.8 Å². The fourth-order valence-corrected chi connectivity index (χ4v) is 4.49. The van der Waals surface area contributed by atoms with E-state index >= 15 is 0 Å². The molecular formula is C24H28N2O4S. The van der Waals surface area contributed by atoms with Gasteiger partial charge >= 0.3 is 0 Å². The lowest BCUT2D eigenvalue weighted by atomic mass is 10.0.